The van der Waals surface area contributed by atoms with E-state index in [1.165, 1.54) is 6.92 Å². The van der Waals surface area contributed by atoms with E-state index in [1.807, 2.05) is 11.1 Å². The second-order valence-electron chi connectivity index (χ2n) is 2.27. The minimum absolute atomic E-state index is 0. The van der Waals surface area contributed by atoms with Gasteiger partial charge in [0, 0.05) is 19.3 Å². The highest BCUT2D eigenvalue weighted by molar-refractivity contribution is 5.85. The summed E-state index contributed by atoms with van der Waals surface area (Å²) in [6.07, 6.45) is 5.31. The molecule has 1 aliphatic rings. The van der Waals surface area contributed by atoms with E-state index in [4.69, 9.17) is 0 Å². The van der Waals surface area contributed by atoms with Gasteiger partial charge in [-0.25, -0.2) is 0 Å². The molecule has 12 heavy (non-hydrogen) atoms. The molecule has 0 saturated heterocycles. The van der Waals surface area contributed by atoms with Crippen molar-refractivity contribution in [3.8, 4) is 0 Å². The van der Waals surface area contributed by atoms with E-state index in [0.717, 1.165) is 0 Å². The zero-order valence-electron chi connectivity index (χ0n) is 6.86. The Morgan fingerprint density at radius 1 is 1.67 bits per heavy atom. The standard InChI is InChI=1S/C7H11N3O.ClH/c1-3-9-4-5-10(6-9)8-7(2)11;/h3-5H,1,6H2,2H3,(H,8,11);1H. The summed E-state index contributed by atoms with van der Waals surface area (Å²) in [4.78, 5) is 12.4. The van der Waals surface area contributed by atoms with Gasteiger partial charge in [0.2, 0.25) is 5.91 Å². The number of halogens is 1. The lowest BCUT2D eigenvalue weighted by Gasteiger charge is -2.17. The summed E-state index contributed by atoms with van der Waals surface area (Å²) in [6.45, 7) is 5.70. The first-order chi connectivity index (χ1) is 5.22. The molecular formula is C7H12ClN3O. The van der Waals surface area contributed by atoms with Crippen molar-refractivity contribution in [3.05, 3.63) is 25.2 Å². The molecule has 1 aliphatic heterocycles. The van der Waals surface area contributed by atoms with Crippen molar-refractivity contribution in [2.45, 2.75) is 6.92 Å². The predicted octanol–water partition coefficient (Wildman–Crippen LogP) is 0.649. The van der Waals surface area contributed by atoms with Gasteiger partial charge in [-0.2, -0.15) is 0 Å². The van der Waals surface area contributed by atoms with Crippen molar-refractivity contribution in [1.82, 2.24) is 15.3 Å². The van der Waals surface area contributed by atoms with Crippen molar-refractivity contribution in [1.29, 1.82) is 0 Å². The third-order valence-corrected chi connectivity index (χ3v) is 1.29. The molecule has 1 amide bonds. The summed E-state index contributed by atoms with van der Waals surface area (Å²) in [6, 6.07) is 0. The second kappa shape index (κ2) is 4.66. The Morgan fingerprint density at radius 3 is 2.75 bits per heavy atom. The Labute approximate surface area is 77.9 Å². The fraction of sp³-hybridized carbons (Fsp3) is 0.286. The third-order valence-electron chi connectivity index (χ3n) is 1.29. The fourth-order valence-corrected chi connectivity index (χ4v) is 0.830. The Kier molecular flexibility index (Phi) is 4.21. The Bertz CT molecular complexity index is 205. The summed E-state index contributed by atoms with van der Waals surface area (Å²) < 4.78 is 0. The van der Waals surface area contributed by atoms with Crippen LogP contribution in [-0.4, -0.2) is 22.5 Å². The Balaban J connectivity index is 0.00000121. The number of nitrogens with zero attached hydrogens (tertiary/aromatic N) is 2. The highest BCUT2D eigenvalue weighted by Crippen LogP contribution is 2.02. The van der Waals surface area contributed by atoms with Crippen molar-refractivity contribution in [3.63, 3.8) is 0 Å². The second-order valence-corrected chi connectivity index (χ2v) is 2.27. The summed E-state index contributed by atoms with van der Waals surface area (Å²) in [5.74, 6) is -0.0689. The number of nitrogens with one attached hydrogen (secondary N) is 1. The number of hydrogen-bond donors (Lipinski definition) is 1. The SMILES string of the molecule is C=CN1C=CN(NC(C)=O)C1.Cl. The quantitative estimate of drug-likeness (QED) is 0.693. The molecule has 1 heterocycles. The van der Waals surface area contributed by atoms with Gasteiger partial charge in [-0.15, -0.1) is 12.4 Å². The molecular weight excluding hydrogens is 178 g/mol. The molecule has 0 bridgehead atoms. The number of hydrogen-bond acceptors (Lipinski definition) is 3. The minimum atomic E-state index is -0.0689. The molecule has 0 atom stereocenters. The minimum Gasteiger partial charge on any atom is -0.334 e. The lowest BCUT2D eigenvalue weighted by atomic mass is 10.7. The lowest BCUT2D eigenvalue weighted by molar-refractivity contribution is -0.122. The van der Waals surface area contributed by atoms with Crippen molar-refractivity contribution < 1.29 is 4.79 Å². The fourth-order valence-electron chi connectivity index (χ4n) is 0.830. The van der Waals surface area contributed by atoms with E-state index in [0.29, 0.717) is 6.67 Å². The molecule has 68 valence electrons. The molecule has 0 aromatic heterocycles. The van der Waals surface area contributed by atoms with Gasteiger partial charge in [0.25, 0.3) is 0 Å². The van der Waals surface area contributed by atoms with Crippen LogP contribution in [-0.2, 0) is 4.79 Å². The van der Waals surface area contributed by atoms with Crippen LogP contribution in [0.4, 0.5) is 0 Å². The molecule has 0 spiro atoms. The smallest absolute Gasteiger partial charge is 0.235 e. The molecule has 0 aliphatic carbocycles. The van der Waals surface area contributed by atoms with Gasteiger partial charge >= 0.3 is 0 Å². The van der Waals surface area contributed by atoms with Gasteiger partial charge in [0.15, 0.2) is 0 Å². The molecule has 1 N–H and O–H groups in total. The van der Waals surface area contributed by atoms with E-state index in [9.17, 15) is 4.79 Å². The highest BCUT2D eigenvalue weighted by atomic mass is 35.5. The molecule has 0 fully saturated rings. The van der Waals surface area contributed by atoms with Crippen molar-refractivity contribution in [2.24, 2.45) is 0 Å². The maximum atomic E-state index is 10.6. The predicted molar refractivity (Wildman–Crippen MR) is 48.9 cm³/mol. The number of hydrazine groups is 1. The van der Waals surface area contributed by atoms with E-state index in [1.54, 1.807) is 17.4 Å². The van der Waals surface area contributed by atoms with Crippen molar-refractivity contribution in [2.75, 3.05) is 6.67 Å². The Morgan fingerprint density at radius 2 is 2.33 bits per heavy atom. The molecule has 1 rings (SSSR count). The van der Waals surface area contributed by atoms with Crippen LogP contribution in [0.1, 0.15) is 6.92 Å². The zero-order valence-corrected chi connectivity index (χ0v) is 7.67. The van der Waals surface area contributed by atoms with Gasteiger partial charge in [0.05, 0.1) is 0 Å². The largest absolute Gasteiger partial charge is 0.334 e. The average Bonchev–Trinajstić information content (AvgIpc) is 2.34. The van der Waals surface area contributed by atoms with Crippen LogP contribution in [0.15, 0.2) is 25.2 Å². The first-order valence-electron chi connectivity index (χ1n) is 3.33. The van der Waals surface area contributed by atoms with Crippen LogP contribution >= 0.6 is 12.4 Å². The van der Waals surface area contributed by atoms with Gasteiger partial charge < -0.3 is 4.90 Å². The maximum Gasteiger partial charge on any atom is 0.235 e. The highest BCUT2D eigenvalue weighted by Gasteiger charge is 2.08. The van der Waals surface area contributed by atoms with Crippen LogP contribution in [0.3, 0.4) is 0 Å². The van der Waals surface area contributed by atoms with E-state index in [-0.39, 0.29) is 18.3 Å². The van der Waals surface area contributed by atoms with Gasteiger partial charge in [-0.1, -0.05) is 6.58 Å². The van der Waals surface area contributed by atoms with Gasteiger partial charge in [0.1, 0.15) is 6.67 Å². The molecule has 0 unspecified atom stereocenters. The topological polar surface area (TPSA) is 35.6 Å². The van der Waals surface area contributed by atoms with Crippen molar-refractivity contribution >= 4 is 18.3 Å². The van der Waals surface area contributed by atoms with Crippen LogP contribution in [0.2, 0.25) is 0 Å². The summed E-state index contributed by atoms with van der Waals surface area (Å²) in [5, 5.41) is 1.68. The van der Waals surface area contributed by atoms with Crippen LogP contribution < -0.4 is 5.43 Å². The summed E-state index contributed by atoms with van der Waals surface area (Å²) in [7, 11) is 0. The number of carbonyl (C=O) groups excluding carboxylic acids is 1. The maximum absolute atomic E-state index is 10.6. The Hall–Kier alpha value is -1.16. The molecule has 0 aromatic rings. The van der Waals surface area contributed by atoms with Gasteiger partial charge in [-0.05, 0) is 6.20 Å². The summed E-state index contributed by atoms with van der Waals surface area (Å²) >= 11 is 0. The normalized spacial score (nSPS) is 14.1. The average molecular weight is 190 g/mol. The summed E-state index contributed by atoms with van der Waals surface area (Å²) in [5.41, 5.74) is 2.62. The van der Waals surface area contributed by atoms with E-state index < -0.39 is 0 Å². The van der Waals surface area contributed by atoms with E-state index in [2.05, 4.69) is 12.0 Å². The molecule has 0 aromatic carbocycles. The lowest BCUT2D eigenvalue weighted by Crippen LogP contribution is -2.37. The van der Waals surface area contributed by atoms with Crippen LogP contribution in [0, 0.1) is 0 Å². The van der Waals surface area contributed by atoms with Crippen LogP contribution in [0.25, 0.3) is 0 Å². The monoisotopic (exact) mass is 189 g/mol. The number of amides is 1. The third kappa shape index (κ3) is 2.84. The first-order valence-corrected chi connectivity index (χ1v) is 3.33. The number of carbonyl (C=O) groups is 1. The molecule has 4 nitrogen and oxygen atoms in total. The first kappa shape index (κ1) is 10.8. The van der Waals surface area contributed by atoms with E-state index >= 15 is 0 Å². The molecule has 0 radical (unpaired) electrons. The molecule has 5 heteroatoms. The van der Waals surface area contributed by atoms with Crippen LogP contribution in [0.5, 0.6) is 0 Å². The molecule has 0 saturated carbocycles. The number of rotatable bonds is 2. The van der Waals surface area contributed by atoms with Gasteiger partial charge in [-0.3, -0.25) is 15.2 Å². The zero-order chi connectivity index (χ0) is 8.27.